The summed E-state index contributed by atoms with van der Waals surface area (Å²) in [5.74, 6) is 4.96. The van der Waals surface area contributed by atoms with Gasteiger partial charge in [0.25, 0.3) is 0 Å². The number of rotatable bonds is 2. The van der Waals surface area contributed by atoms with Gasteiger partial charge in [-0.3, -0.25) is 0 Å². The van der Waals surface area contributed by atoms with Gasteiger partial charge in [0.1, 0.15) is 0 Å². The van der Waals surface area contributed by atoms with Crippen LogP contribution in [0, 0.1) is 11.8 Å². The van der Waals surface area contributed by atoms with Gasteiger partial charge in [0, 0.05) is 0 Å². The molecule has 1 N–H and O–H groups in total. The van der Waals surface area contributed by atoms with Crippen LogP contribution in [0.4, 0.5) is 0 Å². The first-order chi connectivity index (χ1) is 4.95. The topological polar surface area (TPSA) is 12.0 Å². The fourth-order valence-corrected chi connectivity index (χ4v) is 3.06. The molecule has 2 rings (SSSR count). The van der Waals surface area contributed by atoms with Gasteiger partial charge in [-0.05, 0) is 49.3 Å². The normalized spacial score (nSPS) is 34.2. The first kappa shape index (κ1) is 6.99. The molecule has 0 aromatic heterocycles. The summed E-state index contributed by atoms with van der Waals surface area (Å²) in [6.07, 6.45) is 2.99. The van der Waals surface area contributed by atoms with Crippen LogP contribution < -0.4 is 5.32 Å². The highest BCUT2D eigenvalue weighted by molar-refractivity contribution is 7.99. The Morgan fingerprint density at radius 3 is 2.70 bits per heavy atom. The summed E-state index contributed by atoms with van der Waals surface area (Å²) in [5.41, 5.74) is 0. The van der Waals surface area contributed by atoms with Crippen molar-refractivity contribution in [1.82, 2.24) is 5.32 Å². The van der Waals surface area contributed by atoms with Gasteiger partial charge in [-0.1, -0.05) is 0 Å². The highest BCUT2D eigenvalue weighted by Gasteiger charge is 2.23. The van der Waals surface area contributed by atoms with Crippen LogP contribution in [0.2, 0.25) is 0 Å². The van der Waals surface area contributed by atoms with Crippen molar-refractivity contribution in [2.45, 2.75) is 12.8 Å². The van der Waals surface area contributed by atoms with E-state index in [0.29, 0.717) is 0 Å². The van der Waals surface area contributed by atoms with Crippen molar-refractivity contribution in [2.24, 2.45) is 11.8 Å². The molecule has 1 atom stereocenters. The predicted octanol–water partition coefficient (Wildman–Crippen LogP) is 1.35. The van der Waals surface area contributed by atoms with Crippen molar-refractivity contribution in [1.29, 1.82) is 0 Å². The quantitative estimate of drug-likeness (QED) is 0.649. The zero-order valence-electron chi connectivity index (χ0n) is 6.31. The maximum Gasteiger partial charge on any atom is -0.000815 e. The lowest BCUT2D eigenvalue weighted by Crippen LogP contribution is -2.42. The minimum Gasteiger partial charge on any atom is -0.316 e. The Labute approximate surface area is 67.0 Å². The zero-order chi connectivity index (χ0) is 6.81. The molecule has 0 bridgehead atoms. The van der Waals surface area contributed by atoms with Crippen molar-refractivity contribution in [3.8, 4) is 0 Å². The molecule has 0 spiro atoms. The molecule has 1 nitrogen and oxygen atoms in total. The highest BCUT2D eigenvalue weighted by Crippen LogP contribution is 2.29. The van der Waals surface area contributed by atoms with Gasteiger partial charge in [0.2, 0.25) is 0 Å². The van der Waals surface area contributed by atoms with Gasteiger partial charge < -0.3 is 5.32 Å². The van der Waals surface area contributed by atoms with Gasteiger partial charge in [0.15, 0.2) is 0 Å². The van der Waals surface area contributed by atoms with Crippen LogP contribution in [0.5, 0.6) is 0 Å². The van der Waals surface area contributed by atoms with E-state index in [1.165, 1.54) is 37.4 Å². The molecular weight excluding hydrogens is 142 g/mol. The number of thioether (sulfide) groups is 1. The third kappa shape index (κ3) is 1.48. The van der Waals surface area contributed by atoms with Crippen LogP contribution in [0.15, 0.2) is 0 Å². The second kappa shape index (κ2) is 3.14. The largest absolute Gasteiger partial charge is 0.316 e. The third-order valence-electron chi connectivity index (χ3n) is 2.56. The molecule has 0 radical (unpaired) electrons. The predicted molar refractivity (Wildman–Crippen MR) is 46.4 cm³/mol. The van der Waals surface area contributed by atoms with E-state index >= 15 is 0 Å². The average molecular weight is 157 g/mol. The molecule has 0 amide bonds. The lowest BCUT2D eigenvalue weighted by molar-refractivity contribution is 0.286. The molecule has 1 unspecified atom stereocenters. The van der Waals surface area contributed by atoms with Crippen molar-refractivity contribution < 1.29 is 0 Å². The first-order valence-electron chi connectivity index (χ1n) is 4.23. The summed E-state index contributed by atoms with van der Waals surface area (Å²) in [6.45, 7) is 2.59. The van der Waals surface area contributed by atoms with Crippen molar-refractivity contribution >= 4 is 11.8 Å². The second-order valence-corrected chi connectivity index (χ2v) is 4.64. The number of hydrogen-bond acceptors (Lipinski definition) is 2. The molecule has 0 aliphatic carbocycles. The minimum atomic E-state index is 1.03. The van der Waals surface area contributed by atoms with Gasteiger partial charge >= 0.3 is 0 Å². The SMILES string of the molecule is C1CC(CC2CNC2)CS1. The Morgan fingerprint density at radius 2 is 2.20 bits per heavy atom. The fourth-order valence-electron chi connectivity index (χ4n) is 1.76. The Morgan fingerprint density at radius 1 is 1.30 bits per heavy atom. The number of hydrogen-bond donors (Lipinski definition) is 1. The second-order valence-electron chi connectivity index (χ2n) is 3.49. The molecule has 0 aromatic carbocycles. The Hall–Kier alpha value is 0.310. The van der Waals surface area contributed by atoms with Crippen LogP contribution >= 0.6 is 11.8 Å². The average Bonchev–Trinajstić information content (AvgIpc) is 2.29. The van der Waals surface area contributed by atoms with Crippen molar-refractivity contribution in [2.75, 3.05) is 24.6 Å². The van der Waals surface area contributed by atoms with E-state index in [0.717, 1.165) is 11.8 Å². The van der Waals surface area contributed by atoms with E-state index in [4.69, 9.17) is 0 Å². The van der Waals surface area contributed by atoms with Gasteiger partial charge in [0.05, 0.1) is 0 Å². The molecular formula is C8H15NS. The third-order valence-corrected chi connectivity index (χ3v) is 3.79. The van der Waals surface area contributed by atoms with Crippen molar-refractivity contribution in [3.63, 3.8) is 0 Å². The molecule has 0 saturated carbocycles. The summed E-state index contributed by atoms with van der Waals surface area (Å²) in [4.78, 5) is 0. The number of nitrogens with one attached hydrogen (secondary N) is 1. The molecule has 2 aliphatic rings. The first-order valence-corrected chi connectivity index (χ1v) is 5.39. The summed E-state index contributed by atoms with van der Waals surface area (Å²) in [6, 6.07) is 0. The van der Waals surface area contributed by atoms with Crippen molar-refractivity contribution in [3.05, 3.63) is 0 Å². The van der Waals surface area contributed by atoms with Crippen LogP contribution in [-0.2, 0) is 0 Å². The maximum absolute atomic E-state index is 3.33. The highest BCUT2D eigenvalue weighted by atomic mass is 32.2. The van der Waals surface area contributed by atoms with Gasteiger partial charge in [-0.25, -0.2) is 0 Å². The van der Waals surface area contributed by atoms with E-state index in [1.807, 2.05) is 0 Å². The van der Waals surface area contributed by atoms with Crippen LogP contribution in [0.3, 0.4) is 0 Å². The minimum absolute atomic E-state index is 1.03. The van der Waals surface area contributed by atoms with E-state index in [-0.39, 0.29) is 0 Å². The van der Waals surface area contributed by atoms with E-state index in [1.54, 1.807) is 0 Å². The Kier molecular flexibility index (Phi) is 2.19. The van der Waals surface area contributed by atoms with E-state index in [9.17, 15) is 0 Å². The maximum atomic E-state index is 3.33. The smallest absolute Gasteiger partial charge is 0.000815 e. The Balaban J connectivity index is 1.68. The van der Waals surface area contributed by atoms with E-state index in [2.05, 4.69) is 17.1 Å². The monoisotopic (exact) mass is 157 g/mol. The standard InChI is InChI=1S/C8H15NS/c1-2-10-6-7(1)3-8-4-9-5-8/h7-9H,1-6H2. The lowest BCUT2D eigenvalue weighted by atomic mass is 9.90. The molecule has 2 heterocycles. The molecule has 2 heteroatoms. The summed E-state index contributed by atoms with van der Waals surface area (Å²) in [5, 5.41) is 3.33. The van der Waals surface area contributed by atoms with Crippen LogP contribution in [0.25, 0.3) is 0 Å². The van der Waals surface area contributed by atoms with Crippen LogP contribution in [-0.4, -0.2) is 24.6 Å². The summed E-state index contributed by atoms with van der Waals surface area (Å²) >= 11 is 2.14. The molecule has 0 aromatic rings. The molecule has 2 saturated heterocycles. The molecule has 2 fully saturated rings. The molecule has 58 valence electrons. The van der Waals surface area contributed by atoms with Gasteiger partial charge in [-0.2, -0.15) is 11.8 Å². The fraction of sp³-hybridized carbons (Fsp3) is 1.00. The van der Waals surface area contributed by atoms with Gasteiger partial charge in [-0.15, -0.1) is 0 Å². The zero-order valence-corrected chi connectivity index (χ0v) is 7.12. The van der Waals surface area contributed by atoms with E-state index < -0.39 is 0 Å². The van der Waals surface area contributed by atoms with Crippen LogP contribution in [0.1, 0.15) is 12.8 Å². The lowest BCUT2D eigenvalue weighted by Gasteiger charge is -2.29. The summed E-state index contributed by atoms with van der Waals surface area (Å²) < 4.78 is 0. The molecule has 2 aliphatic heterocycles. The Bertz CT molecular complexity index is 106. The summed E-state index contributed by atoms with van der Waals surface area (Å²) in [7, 11) is 0. The molecule has 10 heavy (non-hydrogen) atoms.